The van der Waals surface area contributed by atoms with Crippen molar-refractivity contribution >= 4 is 21.4 Å². The molecule has 2 aromatic heterocycles. The lowest BCUT2D eigenvalue weighted by atomic mass is 10.4. The van der Waals surface area contributed by atoms with Crippen LogP contribution in [0, 0.1) is 6.92 Å². The lowest BCUT2D eigenvalue weighted by Crippen LogP contribution is -2.22. The molecule has 0 aromatic carbocycles. The molecule has 0 aliphatic carbocycles. The minimum absolute atomic E-state index is 0.188. The van der Waals surface area contributed by atoms with Crippen LogP contribution in [0.5, 0.6) is 0 Å². The Hall–Kier alpha value is -1.29. The van der Waals surface area contributed by atoms with Gasteiger partial charge in [-0.05, 0) is 26.9 Å². The van der Waals surface area contributed by atoms with Crippen LogP contribution in [0.2, 0.25) is 0 Å². The highest BCUT2D eigenvalue weighted by Gasteiger charge is 2.16. The van der Waals surface area contributed by atoms with E-state index in [-0.39, 0.29) is 11.4 Å². The maximum atomic E-state index is 12.2. The Morgan fingerprint density at radius 2 is 2.19 bits per heavy atom. The quantitative estimate of drug-likeness (QED) is 0.697. The SMILES string of the molecule is CNCCCn1cc(S(=O)(=O)NCc2cnc(C)s2)cn1. The van der Waals surface area contributed by atoms with E-state index in [2.05, 4.69) is 20.1 Å². The first-order chi connectivity index (χ1) is 10.0. The molecule has 0 spiro atoms. The summed E-state index contributed by atoms with van der Waals surface area (Å²) in [4.78, 5) is 5.17. The second-order valence-electron chi connectivity index (χ2n) is 4.57. The molecule has 0 unspecified atom stereocenters. The number of nitrogens with zero attached hydrogens (tertiary/aromatic N) is 3. The number of rotatable bonds is 8. The zero-order chi connectivity index (χ0) is 15.3. The van der Waals surface area contributed by atoms with E-state index in [0.717, 1.165) is 22.9 Å². The van der Waals surface area contributed by atoms with E-state index in [1.54, 1.807) is 17.1 Å². The van der Waals surface area contributed by atoms with E-state index in [9.17, 15) is 8.42 Å². The molecule has 0 radical (unpaired) electrons. The van der Waals surface area contributed by atoms with Gasteiger partial charge in [-0.15, -0.1) is 11.3 Å². The molecule has 2 heterocycles. The van der Waals surface area contributed by atoms with E-state index < -0.39 is 10.0 Å². The molecule has 0 amide bonds. The Labute approximate surface area is 128 Å². The van der Waals surface area contributed by atoms with Gasteiger partial charge in [0.25, 0.3) is 0 Å². The fourth-order valence-electron chi connectivity index (χ4n) is 1.76. The Bertz CT molecular complexity index is 677. The Morgan fingerprint density at radius 1 is 1.38 bits per heavy atom. The Morgan fingerprint density at radius 3 is 2.86 bits per heavy atom. The molecule has 2 N–H and O–H groups in total. The van der Waals surface area contributed by atoms with Gasteiger partial charge in [-0.3, -0.25) is 4.68 Å². The van der Waals surface area contributed by atoms with Crippen molar-refractivity contribution in [2.75, 3.05) is 13.6 Å². The monoisotopic (exact) mass is 329 g/mol. The van der Waals surface area contributed by atoms with Gasteiger partial charge < -0.3 is 5.32 Å². The van der Waals surface area contributed by atoms with Gasteiger partial charge in [-0.1, -0.05) is 0 Å². The van der Waals surface area contributed by atoms with Gasteiger partial charge in [-0.2, -0.15) is 5.10 Å². The van der Waals surface area contributed by atoms with Gasteiger partial charge in [0.1, 0.15) is 4.90 Å². The van der Waals surface area contributed by atoms with E-state index in [1.165, 1.54) is 17.5 Å². The maximum Gasteiger partial charge on any atom is 0.244 e. The molecule has 2 rings (SSSR count). The van der Waals surface area contributed by atoms with Crippen molar-refractivity contribution in [3.63, 3.8) is 0 Å². The zero-order valence-corrected chi connectivity index (χ0v) is 13.7. The summed E-state index contributed by atoms with van der Waals surface area (Å²) in [5.74, 6) is 0. The van der Waals surface area contributed by atoms with Crippen LogP contribution in [0.3, 0.4) is 0 Å². The number of nitrogens with one attached hydrogen (secondary N) is 2. The number of hydrogen-bond acceptors (Lipinski definition) is 6. The average Bonchev–Trinajstić information content (AvgIpc) is 3.06. The summed E-state index contributed by atoms with van der Waals surface area (Å²) in [7, 11) is -1.65. The standard InChI is InChI=1S/C12H19N5O2S2/c1-10-14-6-11(20-10)7-16-21(18,19)12-8-15-17(9-12)5-3-4-13-2/h6,8-9,13,16H,3-5,7H2,1-2H3. The molecule has 0 saturated heterocycles. The summed E-state index contributed by atoms with van der Waals surface area (Å²) in [6.07, 6.45) is 5.50. The van der Waals surface area contributed by atoms with Crippen LogP contribution in [-0.2, 0) is 23.1 Å². The Kier molecular flexibility index (Phi) is 5.45. The van der Waals surface area contributed by atoms with Crippen molar-refractivity contribution in [1.29, 1.82) is 0 Å². The third-order valence-corrected chi connectivity index (χ3v) is 5.11. The molecule has 0 saturated carbocycles. The molecule has 0 bridgehead atoms. The van der Waals surface area contributed by atoms with E-state index in [0.29, 0.717) is 6.54 Å². The van der Waals surface area contributed by atoms with Gasteiger partial charge in [0.2, 0.25) is 10.0 Å². The van der Waals surface area contributed by atoms with Crippen LogP contribution < -0.4 is 10.0 Å². The first-order valence-electron chi connectivity index (χ1n) is 6.59. The van der Waals surface area contributed by atoms with Gasteiger partial charge in [0, 0.05) is 30.4 Å². The van der Waals surface area contributed by atoms with Crippen LogP contribution in [0.4, 0.5) is 0 Å². The molecular weight excluding hydrogens is 310 g/mol. The van der Waals surface area contributed by atoms with Crippen molar-refractivity contribution < 1.29 is 8.42 Å². The van der Waals surface area contributed by atoms with Gasteiger partial charge in [-0.25, -0.2) is 18.1 Å². The lowest BCUT2D eigenvalue weighted by molar-refractivity contribution is 0.560. The van der Waals surface area contributed by atoms with Gasteiger partial charge in [0.05, 0.1) is 11.2 Å². The van der Waals surface area contributed by atoms with Crippen molar-refractivity contribution in [3.8, 4) is 0 Å². The van der Waals surface area contributed by atoms with Crippen molar-refractivity contribution in [3.05, 3.63) is 28.5 Å². The maximum absolute atomic E-state index is 12.2. The first kappa shape index (κ1) is 16.1. The normalized spacial score (nSPS) is 11.9. The van der Waals surface area contributed by atoms with Crippen LogP contribution in [-0.4, -0.2) is 36.8 Å². The summed E-state index contributed by atoms with van der Waals surface area (Å²) in [6.45, 7) is 3.69. The molecular formula is C12H19N5O2S2. The third kappa shape index (κ3) is 4.60. The van der Waals surface area contributed by atoms with Crippen LogP contribution >= 0.6 is 11.3 Å². The molecule has 7 nitrogen and oxygen atoms in total. The second-order valence-corrected chi connectivity index (χ2v) is 7.65. The molecule has 0 aliphatic heterocycles. The minimum Gasteiger partial charge on any atom is -0.320 e. The molecule has 9 heteroatoms. The minimum atomic E-state index is -3.53. The fourth-order valence-corrected chi connectivity index (χ4v) is 3.54. The van der Waals surface area contributed by atoms with Crippen LogP contribution in [0.15, 0.2) is 23.5 Å². The summed E-state index contributed by atoms with van der Waals surface area (Å²) >= 11 is 1.48. The smallest absolute Gasteiger partial charge is 0.244 e. The second kappa shape index (κ2) is 7.12. The average molecular weight is 329 g/mol. The lowest BCUT2D eigenvalue weighted by Gasteiger charge is -2.02. The van der Waals surface area contributed by atoms with Crippen molar-refractivity contribution in [2.45, 2.75) is 31.3 Å². The van der Waals surface area contributed by atoms with Crippen molar-refractivity contribution in [1.82, 2.24) is 24.8 Å². The number of aromatic nitrogens is 3. The van der Waals surface area contributed by atoms with Crippen LogP contribution in [0.1, 0.15) is 16.3 Å². The predicted molar refractivity (Wildman–Crippen MR) is 81.6 cm³/mol. The first-order valence-corrected chi connectivity index (χ1v) is 8.89. The molecule has 0 fully saturated rings. The summed E-state index contributed by atoms with van der Waals surface area (Å²) in [6, 6.07) is 0. The molecule has 0 atom stereocenters. The highest BCUT2D eigenvalue weighted by Crippen LogP contribution is 2.13. The highest BCUT2D eigenvalue weighted by atomic mass is 32.2. The van der Waals surface area contributed by atoms with E-state index in [4.69, 9.17) is 0 Å². The topological polar surface area (TPSA) is 88.9 Å². The molecule has 0 aliphatic rings. The number of thiazole rings is 1. The van der Waals surface area contributed by atoms with Crippen molar-refractivity contribution in [2.24, 2.45) is 0 Å². The third-order valence-electron chi connectivity index (χ3n) is 2.84. The fraction of sp³-hybridized carbons (Fsp3) is 0.500. The zero-order valence-electron chi connectivity index (χ0n) is 12.0. The molecule has 21 heavy (non-hydrogen) atoms. The van der Waals surface area contributed by atoms with Gasteiger partial charge in [0.15, 0.2) is 0 Å². The van der Waals surface area contributed by atoms with E-state index in [1.807, 2.05) is 14.0 Å². The molecule has 2 aromatic rings. The summed E-state index contributed by atoms with van der Waals surface area (Å²) < 4.78 is 28.5. The number of hydrogen-bond donors (Lipinski definition) is 2. The predicted octanol–water partition coefficient (Wildman–Crippen LogP) is 0.736. The summed E-state index contributed by atoms with van der Waals surface area (Å²) in [5, 5.41) is 8.03. The summed E-state index contributed by atoms with van der Waals surface area (Å²) in [5.41, 5.74) is 0. The largest absolute Gasteiger partial charge is 0.320 e. The van der Waals surface area contributed by atoms with E-state index >= 15 is 0 Å². The highest BCUT2D eigenvalue weighted by molar-refractivity contribution is 7.89. The molecule has 116 valence electrons. The number of aryl methyl sites for hydroxylation is 2. The number of sulfonamides is 1. The van der Waals surface area contributed by atoms with Gasteiger partial charge >= 0.3 is 0 Å². The Balaban J connectivity index is 1.95. The van der Waals surface area contributed by atoms with Crippen LogP contribution in [0.25, 0.3) is 0 Å².